The lowest BCUT2D eigenvalue weighted by molar-refractivity contribution is -0.152. The monoisotopic (exact) mass is 463 g/mol. The summed E-state index contributed by atoms with van der Waals surface area (Å²) in [4.78, 5) is 24.3. The fourth-order valence-electron chi connectivity index (χ4n) is 3.41. The third-order valence-electron chi connectivity index (χ3n) is 5.22. The molecule has 0 spiro atoms. The molecule has 0 fully saturated rings. The molecule has 10 heteroatoms. The van der Waals surface area contributed by atoms with E-state index in [2.05, 4.69) is 5.10 Å². The van der Waals surface area contributed by atoms with Gasteiger partial charge >= 0.3 is 17.8 Å². The molecule has 33 heavy (non-hydrogen) atoms. The summed E-state index contributed by atoms with van der Waals surface area (Å²) >= 11 is 0. The van der Waals surface area contributed by atoms with Gasteiger partial charge in [0.15, 0.2) is 5.60 Å². The summed E-state index contributed by atoms with van der Waals surface area (Å²) in [6.07, 6.45) is -4.47. The van der Waals surface area contributed by atoms with E-state index in [0.717, 1.165) is 22.4 Å². The number of rotatable bonds is 6. The van der Waals surface area contributed by atoms with Crippen molar-refractivity contribution in [3.8, 4) is 11.4 Å². The van der Waals surface area contributed by atoms with Crippen LogP contribution in [0.3, 0.4) is 0 Å². The molecule has 3 aromatic rings. The van der Waals surface area contributed by atoms with Crippen LogP contribution in [0, 0.1) is 20.8 Å². The Hall–Kier alpha value is -3.56. The second-order valence-corrected chi connectivity index (χ2v) is 8.35. The molecule has 1 aromatic heterocycles. The highest BCUT2D eigenvalue weighted by Crippen LogP contribution is 2.30. The molecule has 176 valence electrons. The number of halogens is 3. The molecule has 0 bridgehead atoms. The Morgan fingerprint density at radius 1 is 1.06 bits per heavy atom. The maximum atomic E-state index is 12.9. The summed E-state index contributed by atoms with van der Waals surface area (Å²) in [7, 11) is 0. The van der Waals surface area contributed by atoms with E-state index in [0.29, 0.717) is 22.7 Å². The zero-order valence-corrected chi connectivity index (χ0v) is 18.8. The van der Waals surface area contributed by atoms with Gasteiger partial charge in [-0.25, -0.2) is 9.59 Å². The minimum Gasteiger partial charge on any atom is -0.478 e. The first-order valence-electron chi connectivity index (χ1n) is 10.1. The molecule has 3 rings (SSSR count). The number of aryl methyl sites for hydroxylation is 3. The number of aromatic nitrogens is 3. The van der Waals surface area contributed by atoms with Gasteiger partial charge in [0.25, 0.3) is 0 Å². The molecular weight excluding hydrogens is 439 g/mol. The molecular formula is C23H24F3N3O4. The van der Waals surface area contributed by atoms with Crippen LogP contribution < -0.4 is 10.4 Å². The number of hydrogen-bond acceptors (Lipinski definition) is 4. The van der Waals surface area contributed by atoms with E-state index < -0.39 is 29.0 Å². The maximum Gasteiger partial charge on any atom is 0.416 e. The Morgan fingerprint density at radius 2 is 1.61 bits per heavy atom. The van der Waals surface area contributed by atoms with E-state index in [4.69, 9.17) is 4.74 Å². The van der Waals surface area contributed by atoms with Gasteiger partial charge in [-0.2, -0.15) is 23.0 Å². The highest BCUT2D eigenvalue weighted by atomic mass is 19.4. The number of aliphatic carboxylic acids is 1. The largest absolute Gasteiger partial charge is 0.478 e. The Labute approximate surface area is 188 Å². The van der Waals surface area contributed by atoms with Crippen molar-refractivity contribution < 1.29 is 27.8 Å². The second kappa shape index (κ2) is 8.42. The summed E-state index contributed by atoms with van der Waals surface area (Å²) in [5.74, 6) is -0.249. The number of nitrogens with zero attached hydrogens (tertiary/aromatic N) is 3. The van der Waals surface area contributed by atoms with Crippen LogP contribution in [0.15, 0.2) is 41.2 Å². The van der Waals surface area contributed by atoms with E-state index in [9.17, 15) is 27.9 Å². The van der Waals surface area contributed by atoms with Crippen molar-refractivity contribution in [1.82, 2.24) is 14.3 Å². The van der Waals surface area contributed by atoms with Gasteiger partial charge in [0, 0.05) is 0 Å². The molecule has 0 amide bonds. The molecule has 0 unspecified atom stereocenters. The van der Waals surface area contributed by atoms with Crippen molar-refractivity contribution in [3.63, 3.8) is 0 Å². The fraction of sp³-hybridized carbons (Fsp3) is 0.348. The van der Waals surface area contributed by atoms with Crippen LogP contribution in [-0.4, -0.2) is 31.0 Å². The van der Waals surface area contributed by atoms with Crippen molar-refractivity contribution in [2.75, 3.05) is 0 Å². The van der Waals surface area contributed by atoms with Gasteiger partial charge < -0.3 is 9.84 Å². The molecule has 0 atom stereocenters. The lowest BCUT2D eigenvalue weighted by Crippen LogP contribution is -2.38. The third-order valence-corrected chi connectivity index (χ3v) is 5.22. The molecule has 0 saturated carbocycles. The lowest BCUT2D eigenvalue weighted by atomic mass is 10.0. The van der Waals surface area contributed by atoms with E-state index in [-0.39, 0.29) is 12.2 Å². The van der Waals surface area contributed by atoms with Gasteiger partial charge in [-0.1, -0.05) is 12.1 Å². The maximum absolute atomic E-state index is 12.9. The first-order chi connectivity index (χ1) is 15.2. The molecule has 1 heterocycles. The van der Waals surface area contributed by atoms with Crippen molar-refractivity contribution in [1.29, 1.82) is 0 Å². The normalized spacial score (nSPS) is 12.1. The highest BCUT2D eigenvalue weighted by molar-refractivity contribution is 5.77. The molecule has 1 N–H and O–H groups in total. The van der Waals surface area contributed by atoms with E-state index in [1.807, 2.05) is 0 Å². The first-order valence-corrected chi connectivity index (χ1v) is 10.1. The molecule has 7 nitrogen and oxygen atoms in total. The Kier molecular flexibility index (Phi) is 6.14. The van der Waals surface area contributed by atoms with Crippen LogP contribution in [-0.2, 0) is 17.5 Å². The number of carbonyl (C=O) groups is 1. The summed E-state index contributed by atoms with van der Waals surface area (Å²) in [5.41, 5.74) is -0.303. The highest BCUT2D eigenvalue weighted by Gasteiger charge is 2.31. The van der Waals surface area contributed by atoms with Crippen LogP contribution >= 0.6 is 0 Å². The van der Waals surface area contributed by atoms with Gasteiger partial charge in [0.2, 0.25) is 0 Å². The molecule has 0 saturated heterocycles. The van der Waals surface area contributed by atoms with Gasteiger partial charge in [-0.3, -0.25) is 4.57 Å². The van der Waals surface area contributed by atoms with Crippen LogP contribution in [0.1, 0.15) is 41.9 Å². The second-order valence-electron chi connectivity index (χ2n) is 8.35. The van der Waals surface area contributed by atoms with Gasteiger partial charge in [0.05, 0.1) is 17.8 Å². The van der Waals surface area contributed by atoms with Crippen molar-refractivity contribution in [2.24, 2.45) is 0 Å². The summed E-state index contributed by atoms with van der Waals surface area (Å²) in [6, 6.07) is 7.79. The van der Waals surface area contributed by atoms with E-state index in [1.54, 1.807) is 32.9 Å². The summed E-state index contributed by atoms with van der Waals surface area (Å²) < 4.78 is 46.6. The molecule has 0 aliphatic carbocycles. The Balaban J connectivity index is 1.91. The molecule has 0 aliphatic heterocycles. The lowest BCUT2D eigenvalue weighted by Gasteiger charge is -2.24. The quantitative estimate of drug-likeness (QED) is 0.590. The predicted molar refractivity (Wildman–Crippen MR) is 115 cm³/mol. The minimum absolute atomic E-state index is 0.176. The molecule has 0 radical (unpaired) electrons. The number of alkyl halides is 3. The zero-order chi connectivity index (χ0) is 24.7. The van der Waals surface area contributed by atoms with E-state index >= 15 is 0 Å². The van der Waals surface area contributed by atoms with Crippen LogP contribution in [0.2, 0.25) is 0 Å². The third kappa shape index (κ3) is 4.94. The SMILES string of the molecule is Cc1cc(Cn2c(C)nn(-c3ccc(C(F)(F)F)cc3)c2=O)cc(C)c1OC(C)(C)C(=O)O. The van der Waals surface area contributed by atoms with Crippen LogP contribution in [0.4, 0.5) is 13.2 Å². The predicted octanol–water partition coefficient (Wildman–Crippen LogP) is 4.27. The summed E-state index contributed by atoms with van der Waals surface area (Å²) in [6.45, 7) is 8.29. The van der Waals surface area contributed by atoms with Crippen molar-refractivity contribution in [3.05, 3.63) is 75.0 Å². The number of carboxylic acids is 1. The minimum atomic E-state index is -4.47. The first kappa shape index (κ1) is 24.1. The number of carboxylic acid groups (broad SMARTS) is 1. The Morgan fingerprint density at radius 3 is 2.09 bits per heavy atom. The van der Waals surface area contributed by atoms with Crippen molar-refractivity contribution >= 4 is 5.97 Å². The van der Waals surface area contributed by atoms with Gasteiger partial charge in [0.1, 0.15) is 11.6 Å². The average Bonchev–Trinajstić information content (AvgIpc) is 2.98. The number of ether oxygens (including phenoxy) is 1. The number of benzene rings is 2. The topological polar surface area (TPSA) is 86.4 Å². The average molecular weight is 463 g/mol. The van der Waals surface area contributed by atoms with Crippen molar-refractivity contribution in [2.45, 2.75) is 52.9 Å². The molecule has 2 aromatic carbocycles. The smallest absolute Gasteiger partial charge is 0.416 e. The fourth-order valence-corrected chi connectivity index (χ4v) is 3.41. The Bertz CT molecular complexity index is 1230. The number of hydrogen-bond donors (Lipinski definition) is 1. The van der Waals surface area contributed by atoms with E-state index in [1.165, 1.54) is 30.5 Å². The van der Waals surface area contributed by atoms with Crippen LogP contribution in [0.5, 0.6) is 5.75 Å². The van der Waals surface area contributed by atoms with Crippen LogP contribution in [0.25, 0.3) is 5.69 Å². The summed E-state index contributed by atoms with van der Waals surface area (Å²) in [5, 5.41) is 13.5. The standard InChI is InChI=1S/C23H24F3N3O4/c1-13-10-16(11-14(2)19(13)33-22(4,5)20(30)31)12-28-15(3)27-29(21(28)32)18-8-6-17(7-9-18)23(24,25)26/h6-11H,12H2,1-5H3,(H,30,31). The van der Waals surface area contributed by atoms with Gasteiger partial charge in [-0.05, 0) is 75.6 Å². The molecule has 0 aliphatic rings. The zero-order valence-electron chi connectivity index (χ0n) is 18.8. The van der Waals surface area contributed by atoms with Gasteiger partial charge in [-0.15, -0.1) is 0 Å².